The van der Waals surface area contributed by atoms with E-state index in [9.17, 15) is 4.39 Å². The first kappa shape index (κ1) is 13.8. The Labute approximate surface area is 114 Å². The fourth-order valence-electron chi connectivity index (χ4n) is 3.05. The molecule has 0 atom stereocenters. The van der Waals surface area contributed by atoms with Gasteiger partial charge in [0.2, 0.25) is 0 Å². The summed E-state index contributed by atoms with van der Waals surface area (Å²) in [7, 11) is 0. The minimum atomic E-state index is -0.239. The van der Waals surface area contributed by atoms with E-state index in [1.807, 2.05) is 12.1 Å². The molecule has 18 heavy (non-hydrogen) atoms. The Morgan fingerprint density at radius 1 is 1.44 bits per heavy atom. The predicted octanol–water partition coefficient (Wildman–Crippen LogP) is 4.14. The lowest BCUT2D eigenvalue weighted by Crippen LogP contribution is -2.49. The van der Waals surface area contributed by atoms with Crippen LogP contribution in [0.25, 0.3) is 0 Å². The van der Waals surface area contributed by atoms with Crippen molar-refractivity contribution in [3.63, 3.8) is 0 Å². The first-order valence-corrected chi connectivity index (χ1v) is 7.00. The summed E-state index contributed by atoms with van der Waals surface area (Å²) in [5, 5.41) is 3.68. The van der Waals surface area contributed by atoms with Crippen LogP contribution in [0.15, 0.2) is 18.2 Å². The minimum Gasteiger partial charge on any atom is -0.314 e. The van der Waals surface area contributed by atoms with Gasteiger partial charge in [-0.25, -0.2) is 4.39 Å². The summed E-state index contributed by atoms with van der Waals surface area (Å²) in [6.45, 7) is 7.27. The molecule has 2 rings (SSSR count). The van der Waals surface area contributed by atoms with E-state index in [4.69, 9.17) is 11.6 Å². The third-order valence-corrected chi connectivity index (χ3v) is 4.14. The van der Waals surface area contributed by atoms with Crippen molar-refractivity contribution in [2.45, 2.75) is 45.1 Å². The van der Waals surface area contributed by atoms with E-state index < -0.39 is 0 Å². The fourth-order valence-corrected chi connectivity index (χ4v) is 3.22. The van der Waals surface area contributed by atoms with Crippen LogP contribution in [0.4, 0.5) is 4.39 Å². The molecule has 1 aromatic carbocycles. The number of nitrogens with one attached hydrogen (secondary N) is 1. The molecule has 1 nitrogen and oxygen atoms in total. The van der Waals surface area contributed by atoms with Gasteiger partial charge in [-0.05, 0) is 30.4 Å². The molecular formula is C15H21ClFN. The fraction of sp³-hybridized carbons (Fsp3) is 0.600. The molecule has 1 fully saturated rings. The Bertz CT molecular complexity index is 425. The summed E-state index contributed by atoms with van der Waals surface area (Å²) < 4.78 is 14.2. The maximum Gasteiger partial charge on any atom is 0.145 e. The molecule has 0 aliphatic heterocycles. The van der Waals surface area contributed by atoms with E-state index in [0.717, 1.165) is 24.9 Å². The third kappa shape index (κ3) is 2.55. The van der Waals surface area contributed by atoms with Crippen molar-refractivity contribution in [3.05, 3.63) is 34.6 Å². The summed E-state index contributed by atoms with van der Waals surface area (Å²) in [6.07, 6.45) is 2.06. The van der Waals surface area contributed by atoms with Gasteiger partial charge in [0.1, 0.15) is 5.82 Å². The molecule has 0 amide bonds. The summed E-state index contributed by atoms with van der Waals surface area (Å²) in [6, 6.07) is 5.77. The first-order chi connectivity index (χ1) is 8.44. The van der Waals surface area contributed by atoms with Crippen molar-refractivity contribution in [3.8, 4) is 0 Å². The molecule has 0 unspecified atom stereocenters. The summed E-state index contributed by atoms with van der Waals surface area (Å²) in [5.74, 6) is 0.425. The molecule has 0 saturated heterocycles. The Morgan fingerprint density at radius 3 is 2.67 bits per heavy atom. The van der Waals surface area contributed by atoms with E-state index in [1.165, 1.54) is 0 Å². The first-order valence-electron chi connectivity index (χ1n) is 6.62. The van der Waals surface area contributed by atoms with Crippen molar-refractivity contribution < 1.29 is 4.39 Å². The normalized spacial score (nSPS) is 27.3. The SMILES string of the molecule is CC1CC(CNC(C)C)(c2cccc(Cl)c2F)C1. The molecule has 1 N–H and O–H groups in total. The molecule has 1 aliphatic rings. The molecular weight excluding hydrogens is 249 g/mol. The Kier molecular flexibility index (Phi) is 3.98. The van der Waals surface area contributed by atoms with E-state index in [2.05, 4.69) is 26.1 Å². The molecule has 1 saturated carbocycles. The Morgan fingerprint density at radius 2 is 2.11 bits per heavy atom. The van der Waals surface area contributed by atoms with Crippen molar-refractivity contribution in [2.75, 3.05) is 6.54 Å². The van der Waals surface area contributed by atoms with E-state index in [0.29, 0.717) is 12.0 Å². The van der Waals surface area contributed by atoms with Gasteiger partial charge in [-0.3, -0.25) is 0 Å². The van der Waals surface area contributed by atoms with Crippen LogP contribution in [-0.4, -0.2) is 12.6 Å². The molecule has 100 valence electrons. The number of rotatable bonds is 4. The van der Waals surface area contributed by atoms with Gasteiger partial charge in [-0.1, -0.05) is 44.5 Å². The Hall–Kier alpha value is -0.600. The molecule has 1 aliphatic carbocycles. The monoisotopic (exact) mass is 269 g/mol. The molecule has 3 heteroatoms. The topological polar surface area (TPSA) is 12.0 Å². The van der Waals surface area contributed by atoms with Gasteiger partial charge in [0.05, 0.1) is 5.02 Å². The van der Waals surface area contributed by atoms with Gasteiger partial charge < -0.3 is 5.32 Å². The lowest BCUT2D eigenvalue weighted by molar-refractivity contribution is 0.145. The van der Waals surface area contributed by atoms with Crippen molar-refractivity contribution in [1.29, 1.82) is 0 Å². The van der Waals surface area contributed by atoms with Crippen LogP contribution in [0.5, 0.6) is 0 Å². The number of hydrogen-bond acceptors (Lipinski definition) is 1. The van der Waals surface area contributed by atoms with Crippen LogP contribution < -0.4 is 5.32 Å². The quantitative estimate of drug-likeness (QED) is 0.866. The van der Waals surface area contributed by atoms with Gasteiger partial charge in [-0.15, -0.1) is 0 Å². The molecule has 0 bridgehead atoms. The maximum absolute atomic E-state index is 14.2. The zero-order chi connectivity index (χ0) is 13.3. The highest BCUT2D eigenvalue weighted by Crippen LogP contribution is 2.48. The largest absolute Gasteiger partial charge is 0.314 e. The molecule has 0 spiro atoms. The summed E-state index contributed by atoms with van der Waals surface area (Å²) in [4.78, 5) is 0. The van der Waals surface area contributed by atoms with E-state index in [1.54, 1.807) is 6.07 Å². The highest BCUT2D eigenvalue weighted by Gasteiger charge is 2.44. The molecule has 1 aromatic rings. The number of benzene rings is 1. The molecule has 0 heterocycles. The highest BCUT2D eigenvalue weighted by atomic mass is 35.5. The van der Waals surface area contributed by atoms with Gasteiger partial charge in [0.15, 0.2) is 0 Å². The maximum atomic E-state index is 14.2. The average molecular weight is 270 g/mol. The lowest BCUT2D eigenvalue weighted by atomic mass is 9.59. The minimum absolute atomic E-state index is 0.0708. The van der Waals surface area contributed by atoms with Crippen LogP contribution in [0.2, 0.25) is 5.02 Å². The number of hydrogen-bond donors (Lipinski definition) is 1. The zero-order valence-electron chi connectivity index (χ0n) is 11.3. The van der Waals surface area contributed by atoms with Crippen LogP contribution in [0, 0.1) is 11.7 Å². The molecule has 0 radical (unpaired) electrons. The van der Waals surface area contributed by atoms with Gasteiger partial charge >= 0.3 is 0 Å². The van der Waals surface area contributed by atoms with Crippen LogP contribution in [0.3, 0.4) is 0 Å². The van der Waals surface area contributed by atoms with Gasteiger partial charge in [0, 0.05) is 18.0 Å². The van der Waals surface area contributed by atoms with Crippen molar-refractivity contribution in [2.24, 2.45) is 5.92 Å². The van der Waals surface area contributed by atoms with Crippen molar-refractivity contribution >= 4 is 11.6 Å². The van der Waals surface area contributed by atoms with Crippen LogP contribution in [0.1, 0.15) is 39.2 Å². The highest BCUT2D eigenvalue weighted by molar-refractivity contribution is 6.30. The smallest absolute Gasteiger partial charge is 0.145 e. The second-order valence-corrected chi connectivity index (χ2v) is 6.34. The summed E-state index contributed by atoms with van der Waals surface area (Å²) >= 11 is 5.90. The second kappa shape index (κ2) is 5.18. The van der Waals surface area contributed by atoms with Crippen LogP contribution >= 0.6 is 11.6 Å². The van der Waals surface area contributed by atoms with Gasteiger partial charge in [-0.2, -0.15) is 0 Å². The Balaban J connectivity index is 2.27. The van der Waals surface area contributed by atoms with Gasteiger partial charge in [0.25, 0.3) is 0 Å². The third-order valence-electron chi connectivity index (χ3n) is 3.85. The van der Waals surface area contributed by atoms with E-state index >= 15 is 0 Å². The number of halogens is 2. The van der Waals surface area contributed by atoms with E-state index in [-0.39, 0.29) is 16.3 Å². The van der Waals surface area contributed by atoms with Crippen molar-refractivity contribution in [1.82, 2.24) is 5.32 Å². The predicted molar refractivity (Wildman–Crippen MR) is 74.6 cm³/mol. The second-order valence-electron chi connectivity index (χ2n) is 5.93. The average Bonchev–Trinajstić information content (AvgIpc) is 2.26. The standard InChI is InChI=1S/C15H21ClFN/c1-10(2)18-9-15(7-11(3)8-15)12-5-4-6-13(16)14(12)17/h4-6,10-11,18H,7-9H2,1-3H3. The lowest BCUT2D eigenvalue weighted by Gasteiger charge is -2.48. The summed E-state index contributed by atoms with van der Waals surface area (Å²) in [5.41, 5.74) is 0.708. The zero-order valence-corrected chi connectivity index (χ0v) is 12.0. The van der Waals surface area contributed by atoms with Crippen LogP contribution in [-0.2, 0) is 5.41 Å². The molecule has 0 aromatic heterocycles.